The van der Waals surface area contributed by atoms with Crippen molar-refractivity contribution in [1.29, 1.82) is 0 Å². The van der Waals surface area contributed by atoms with Gasteiger partial charge in [0.2, 0.25) is 0 Å². The monoisotopic (exact) mass is 393 g/mol. The maximum Gasteiger partial charge on any atom is 0.279 e. The Morgan fingerprint density at radius 3 is 2.75 bits per heavy atom. The van der Waals surface area contributed by atoms with Crippen LogP contribution in [0.2, 0.25) is 0 Å². The van der Waals surface area contributed by atoms with Crippen molar-refractivity contribution < 1.29 is 9.84 Å². The summed E-state index contributed by atoms with van der Waals surface area (Å²) in [4.78, 5) is 17.1. The van der Waals surface area contributed by atoms with Gasteiger partial charge in [-0.2, -0.15) is 5.10 Å². The zero-order valence-electron chi connectivity index (χ0n) is 15.8. The molecule has 2 aromatic heterocycles. The lowest BCUT2D eigenvalue weighted by atomic mass is 9.98. The Balaban J connectivity index is 1.76. The summed E-state index contributed by atoms with van der Waals surface area (Å²) in [6.07, 6.45) is 0.677. The van der Waals surface area contributed by atoms with E-state index in [2.05, 4.69) is 10.1 Å². The highest BCUT2D eigenvalue weighted by Crippen LogP contribution is 2.35. The highest BCUT2D eigenvalue weighted by atomic mass is 32.1. The van der Waals surface area contributed by atoms with E-state index in [1.165, 1.54) is 16.0 Å². The number of thiazole rings is 1. The standard InChI is InChI=1S/C21H19N3O3S/c1-4-13-11-14(27-21-22-16-7-5-6-8-17(16)28-21)9-10-15(13)18-19(25)12(2)23-24(3)20(18)26/h5-11,25H,4H2,1-3H3. The normalized spacial score (nSPS) is 11.1. The zero-order chi connectivity index (χ0) is 19.8. The predicted octanol–water partition coefficient (Wildman–Crippen LogP) is 4.43. The maximum atomic E-state index is 12.6. The molecule has 0 spiro atoms. The molecule has 4 rings (SSSR count). The van der Waals surface area contributed by atoms with Crippen LogP contribution in [0.4, 0.5) is 0 Å². The Bertz CT molecular complexity index is 1210. The Morgan fingerprint density at radius 1 is 1.21 bits per heavy atom. The molecule has 0 saturated carbocycles. The molecule has 0 fully saturated rings. The molecule has 2 aromatic carbocycles. The quantitative estimate of drug-likeness (QED) is 0.555. The second-order valence-electron chi connectivity index (χ2n) is 6.46. The van der Waals surface area contributed by atoms with Crippen LogP contribution in [0.15, 0.2) is 47.3 Å². The Hall–Kier alpha value is -3.19. The number of para-hydroxylation sites is 1. The topological polar surface area (TPSA) is 77.2 Å². The van der Waals surface area contributed by atoms with Gasteiger partial charge >= 0.3 is 0 Å². The number of hydrogen-bond acceptors (Lipinski definition) is 6. The lowest BCUT2D eigenvalue weighted by Crippen LogP contribution is -2.22. The van der Waals surface area contributed by atoms with E-state index in [0.717, 1.165) is 15.8 Å². The van der Waals surface area contributed by atoms with Gasteiger partial charge in [0.15, 0.2) is 5.75 Å². The van der Waals surface area contributed by atoms with Crippen molar-refractivity contribution in [2.75, 3.05) is 0 Å². The van der Waals surface area contributed by atoms with Crippen LogP contribution in [0.25, 0.3) is 21.3 Å². The number of rotatable bonds is 4. The molecule has 0 saturated heterocycles. The lowest BCUT2D eigenvalue weighted by Gasteiger charge is -2.13. The molecule has 0 amide bonds. The van der Waals surface area contributed by atoms with Gasteiger partial charge in [0, 0.05) is 7.05 Å². The average Bonchev–Trinajstić information content (AvgIpc) is 3.09. The van der Waals surface area contributed by atoms with E-state index in [-0.39, 0.29) is 16.9 Å². The molecule has 2 heterocycles. The molecule has 7 heteroatoms. The fourth-order valence-corrected chi connectivity index (χ4v) is 4.00. The Morgan fingerprint density at radius 2 is 2.00 bits per heavy atom. The van der Waals surface area contributed by atoms with Crippen LogP contribution in [0.3, 0.4) is 0 Å². The first-order valence-electron chi connectivity index (χ1n) is 8.91. The van der Waals surface area contributed by atoms with Gasteiger partial charge in [-0.05, 0) is 48.7 Å². The largest absolute Gasteiger partial charge is 0.505 e. The van der Waals surface area contributed by atoms with Gasteiger partial charge in [0.1, 0.15) is 11.4 Å². The number of aromatic nitrogens is 3. The van der Waals surface area contributed by atoms with Gasteiger partial charge in [0.25, 0.3) is 10.8 Å². The highest BCUT2D eigenvalue weighted by Gasteiger charge is 2.18. The first-order valence-corrected chi connectivity index (χ1v) is 9.73. The fourth-order valence-electron chi connectivity index (χ4n) is 3.17. The summed E-state index contributed by atoms with van der Waals surface area (Å²) in [7, 11) is 1.58. The van der Waals surface area contributed by atoms with Gasteiger partial charge in [-0.15, -0.1) is 0 Å². The number of ether oxygens (including phenoxy) is 1. The fraction of sp³-hybridized carbons (Fsp3) is 0.190. The van der Waals surface area contributed by atoms with Crippen LogP contribution < -0.4 is 10.3 Å². The third kappa shape index (κ3) is 3.14. The van der Waals surface area contributed by atoms with Crippen LogP contribution in [0, 0.1) is 6.92 Å². The first kappa shape index (κ1) is 18.2. The molecule has 0 unspecified atom stereocenters. The van der Waals surface area contributed by atoms with Crippen molar-refractivity contribution in [1.82, 2.24) is 14.8 Å². The van der Waals surface area contributed by atoms with E-state index in [9.17, 15) is 9.90 Å². The third-order valence-electron chi connectivity index (χ3n) is 4.59. The molecule has 0 atom stereocenters. The summed E-state index contributed by atoms with van der Waals surface area (Å²) < 4.78 is 8.26. The number of fused-ring (bicyclic) bond motifs is 1. The summed E-state index contributed by atoms with van der Waals surface area (Å²) in [5.41, 5.74) is 2.82. The van der Waals surface area contributed by atoms with Crippen molar-refractivity contribution >= 4 is 21.6 Å². The molecular formula is C21H19N3O3S. The molecule has 0 aliphatic heterocycles. The molecule has 0 radical (unpaired) electrons. The van der Waals surface area contributed by atoms with Crippen molar-refractivity contribution in [2.45, 2.75) is 20.3 Å². The van der Waals surface area contributed by atoms with E-state index in [4.69, 9.17) is 4.74 Å². The number of nitrogens with zero attached hydrogens (tertiary/aromatic N) is 3. The van der Waals surface area contributed by atoms with Crippen molar-refractivity contribution in [3.63, 3.8) is 0 Å². The molecular weight excluding hydrogens is 374 g/mol. The van der Waals surface area contributed by atoms with Crippen LogP contribution >= 0.6 is 11.3 Å². The SMILES string of the molecule is CCc1cc(Oc2nc3ccccc3s2)ccc1-c1c(O)c(C)nn(C)c1=O. The second-order valence-corrected chi connectivity index (χ2v) is 7.45. The van der Waals surface area contributed by atoms with E-state index in [0.29, 0.717) is 28.6 Å². The van der Waals surface area contributed by atoms with Crippen LogP contribution in [-0.2, 0) is 13.5 Å². The van der Waals surface area contributed by atoms with Gasteiger partial charge < -0.3 is 9.84 Å². The summed E-state index contributed by atoms with van der Waals surface area (Å²) >= 11 is 1.48. The minimum absolute atomic E-state index is 0.0855. The van der Waals surface area contributed by atoms with Crippen molar-refractivity contribution in [3.8, 4) is 27.8 Å². The van der Waals surface area contributed by atoms with Crippen LogP contribution in [-0.4, -0.2) is 19.9 Å². The minimum Gasteiger partial charge on any atom is -0.505 e. The molecule has 28 heavy (non-hydrogen) atoms. The molecule has 0 aliphatic rings. The van der Waals surface area contributed by atoms with Gasteiger partial charge in [-0.3, -0.25) is 4.79 Å². The summed E-state index contributed by atoms with van der Waals surface area (Å²) in [5.74, 6) is 0.555. The molecule has 4 aromatic rings. The maximum absolute atomic E-state index is 12.6. The molecule has 142 valence electrons. The third-order valence-corrected chi connectivity index (χ3v) is 5.51. The Kier molecular flexibility index (Phi) is 4.60. The van der Waals surface area contributed by atoms with E-state index in [1.54, 1.807) is 26.1 Å². The Labute approximate surface area is 165 Å². The van der Waals surface area contributed by atoms with E-state index < -0.39 is 0 Å². The second kappa shape index (κ2) is 7.09. The zero-order valence-corrected chi connectivity index (χ0v) is 16.6. The first-order chi connectivity index (χ1) is 13.5. The van der Waals surface area contributed by atoms with E-state index >= 15 is 0 Å². The van der Waals surface area contributed by atoms with E-state index in [1.807, 2.05) is 37.3 Å². The molecule has 0 aliphatic carbocycles. The molecule has 0 bridgehead atoms. The van der Waals surface area contributed by atoms with Gasteiger partial charge in [0.05, 0.1) is 15.8 Å². The summed E-state index contributed by atoms with van der Waals surface area (Å²) in [6, 6.07) is 13.3. The van der Waals surface area contributed by atoms with Crippen LogP contribution in [0.1, 0.15) is 18.2 Å². The minimum atomic E-state index is -0.336. The number of aromatic hydroxyl groups is 1. The average molecular weight is 393 g/mol. The van der Waals surface area contributed by atoms with Gasteiger partial charge in [-0.25, -0.2) is 9.67 Å². The molecule has 1 N–H and O–H groups in total. The number of benzene rings is 2. The smallest absolute Gasteiger partial charge is 0.279 e. The van der Waals surface area contributed by atoms with Crippen molar-refractivity contribution in [2.24, 2.45) is 7.05 Å². The molecule has 6 nitrogen and oxygen atoms in total. The van der Waals surface area contributed by atoms with Crippen LogP contribution in [0.5, 0.6) is 16.7 Å². The van der Waals surface area contributed by atoms with Crippen molar-refractivity contribution in [3.05, 3.63) is 64.1 Å². The summed E-state index contributed by atoms with van der Waals surface area (Å²) in [6.45, 7) is 3.67. The number of hydrogen-bond donors (Lipinski definition) is 1. The van der Waals surface area contributed by atoms with Gasteiger partial charge in [-0.1, -0.05) is 36.5 Å². The highest BCUT2D eigenvalue weighted by molar-refractivity contribution is 7.20. The lowest BCUT2D eigenvalue weighted by molar-refractivity contribution is 0.460. The summed E-state index contributed by atoms with van der Waals surface area (Å²) in [5, 5.41) is 15.0. The number of aryl methyl sites for hydroxylation is 3. The predicted molar refractivity (Wildman–Crippen MR) is 110 cm³/mol.